The Morgan fingerprint density at radius 3 is 2.52 bits per heavy atom. The Bertz CT molecular complexity index is 831. The number of amides is 1. The third-order valence-electron chi connectivity index (χ3n) is 3.74. The molecule has 2 aromatic heterocycles. The van der Waals surface area contributed by atoms with Gasteiger partial charge in [-0.05, 0) is 50.2 Å². The Balaban J connectivity index is 1.74. The van der Waals surface area contributed by atoms with Crippen molar-refractivity contribution in [2.24, 2.45) is 5.73 Å². The number of carbonyl (C=O) groups excluding carboxylic acids is 1. The number of anilines is 1. The minimum atomic E-state index is -0.299. The van der Waals surface area contributed by atoms with E-state index in [1.54, 1.807) is 18.5 Å². The molecule has 6 heteroatoms. The number of hydrogen-bond acceptors (Lipinski definition) is 4. The van der Waals surface area contributed by atoms with Gasteiger partial charge in [-0.2, -0.15) is 0 Å². The highest BCUT2D eigenvalue weighted by Gasteiger charge is 2.11. The Kier molecular flexibility index (Phi) is 3.99. The van der Waals surface area contributed by atoms with E-state index < -0.39 is 0 Å². The van der Waals surface area contributed by atoms with Crippen molar-refractivity contribution in [2.75, 3.05) is 5.32 Å². The van der Waals surface area contributed by atoms with Crippen molar-refractivity contribution in [3.05, 3.63) is 65.6 Å². The van der Waals surface area contributed by atoms with Gasteiger partial charge in [0.2, 0.25) is 0 Å². The normalized spacial score (nSPS) is 10.7. The van der Waals surface area contributed by atoms with Crippen molar-refractivity contribution in [3.63, 3.8) is 0 Å². The van der Waals surface area contributed by atoms with Gasteiger partial charge >= 0.3 is 0 Å². The van der Waals surface area contributed by atoms with Gasteiger partial charge in [-0.3, -0.25) is 4.79 Å². The summed E-state index contributed by atoms with van der Waals surface area (Å²) in [6.07, 6.45) is 1.79. The highest BCUT2D eigenvalue weighted by molar-refractivity contribution is 6.02. The number of furan rings is 1. The molecule has 118 valence electrons. The van der Waals surface area contributed by atoms with Crippen LogP contribution in [-0.2, 0) is 6.54 Å². The third kappa shape index (κ3) is 3.02. The molecule has 0 spiro atoms. The first-order chi connectivity index (χ1) is 11.1. The molecule has 3 N–H and O–H groups in total. The summed E-state index contributed by atoms with van der Waals surface area (Å²) in [4.78, 5) is 16.4. The van der Waals surface area contributed by atoms with E-state index in [0.717, 1.165) is 17.1 Å². The largest absolute Gasteiger partial charge is 0.455 e. The zero-order valence-corrected chi connectivity index (χ0v) is 13.0. The van der Waals surface area contributed by atoms with Crippen LogP contribution in [-0.4, -0.2) is 15.5 Å². The van der Waals surface area contributed by atoms with Crippen molar-refractivity contribution >= 4 is 11.6 Å². The summed E-state index contributed by atoms with van der Waals surface area (Å²) in [5.41, 5.74) is 9.24. The van der Waals surface area contributed by atoms with Crippen LogP contribution in [0, 0.1) is 13.8 Å². The molecular weight excluding hydrogens is 292 g/mol. The minimum Gasteiger partial charge on any atom is -0.455 e. The fourth-order valence-electron chi connectivity index (χ4n) is 2.27. The lowest BCUT2D eigenvalue weighted by atomic mass is 10.2. The van der Waals surface area contributed by atoms with Crippen molar-refractivity contribution in [1.29, 1.82) is 0 Å². The van der Waals surface area contributed by atoms with E-state index in [9.17, 15) is 4.79 Å². The smallest absolute Gasteiger partial charge is 0.291 e. The van der Waals surface area contributed by atoms with E-state index in [4.69, 9.17) is 10.2 Å². The van der Waals surface area contributed by atoms with Crippen molar-refractivity contribution in [2.45, 2.75) is 20.4 Å². The van der Waals surface area contributed by atoms with Gasteiger partial charge in [0.25, 0.3) is 5.91 Å². The molecular formula is C17H18N4O2. The number of nitrogens with zero attached hydrogens (tertiary/aromatic N) is 2. The van der Waals surface area contributed by atoms with Gasteiger partial charge in [0.15, 0.2) is 5.76 Å². The summed E-state index contributed by atoms with van der Waals surface area (Å²) in [5.74, 6) is 0.527. The van der Waals surface area contributed by atoms with Crippen molar-refractivity contribution in [3.8, 4) is 5.69 Å². The van der Waals surface area contributed by atoms with Crippen LogP contribution in [0.15, 0.2) is 47.1 Å². The van der Waals surface area contributed by atoms with E-state index >= 15 is 0 Å². The first-order valence-electron chi connectivity index (χ1n) is 7.29. The fraction of sp³-hybridized carbons (Fsp3) is 0.176. The number of nitrogens with one attached hydrogen (secondary N) is 1. The minimum absolute atomic E-state index is 0.246. The molecule has 0 saturated carbocycles. The number of aromatic nitrogens is 2. The molecule has 0 unspecified atom stereocenters. The van der Waals surface area contributed by atoms with Crippen LogP contribution in [0.3, 0.4) is 0 Å². The maximum absolute atomic E-state index is 12.1. The summed E-state index contributed by atoms with van der Waals surface area (Å²) in [5, 5.41) is 2.80. The second-order valence-electron chi connectivity index (χ2n) is 5.26. The van der Waals surface area contributed by atoms with Crippen LogP contribution in [0.2, 0.25) is 0 Å². The molecule has 0 atom stereocenters. The van der Waals surface area contributed by atoms with Gasteiger partial charge in [-0.15, -0.1) is 0 Å². The topological polar surface area (TPSA) is 86.1 Å². The van der Waals surface area contributed by atoms with E-state index in [0.29, 0.717) is 11.4 Å². The lowest BCUT2D eigenvalue weighted by molar-refractivity contribution is 0.0995. The molecule has 0 aliphatic rings. The second-order valence-corrected chi connectivity index (χ2v) is 5.26. The maximum atomic E-state index is 12.1. The van der Waals surface area contributed by atoms with Crippen LogP contribution >= 0.6 is 0 Å². The lowest BCUT2D eigenvalue weighted by Gasteiger charge is -2.08. The number of nitrogens with two attached hydrogens (primary N) is 1. The van der Waals surface area contributed by atoms with Gasteiger partial charge in [-0.25, -0.2) is 4.98 Å². The standard InChI is InChI=1S/C17H18N4O2/c1-11-12(2)21(10-19-11)14-5-3-13(4-6-14)20-17(22)16-8-7-15(9-18)23-16/h3-8,10H,9,18H2,1-2H3,(H,20,22). The Hall–Kier alpha value is -2.86. The number of aryl methyl sites for hydroxylation is 1. The van der Waals surface area contributed by atoms with Crippen LogP contribution in [0.25, 0.3) is 5.69 Å². The predicted molar refractivity (Wildman–Crippen MR) is 87.6 cm³/mol. The molecule has 23 heavy (non-hydrogen) atoms. The van der Waals surface area contributed by atoms with Gasteiger partial charge in [0.1, 0.15) is 5.76 Å². The first-order valence-corrected chi connectivity index (χ1v) is 7.29. The van der Waals surface area contributed by atoms with E-state index in [-0.39, 0.29) is 18.2 Å². The molecule has 0 bridgehead atoms. The van der Waals surface area contributed by atoms with E-state index in [1.807, 2.05) is 42.7 Å². The second kappa shape index (κ2) is 6.10. The van der Waals surface area contributed by atoms with E-state index in [1.165, 1.54) is 0 Å². The Morgan fingerprint density at radius 2 is 1.96 bits per heavy atom. The monoisotopic (exact) mass is 310 g/mol. The van der Waals surface area contributed by atoms with Gasteiger partial charge in [0, 0.05) is 17.1 Å². The number of benzene rings is 1. The van der Waals surface area contributed by atoms with E-state index in [2.05, 4.69) is 10.3 Å². The molecule has 0 fully saturated rings. The number of hydrogen-bond donors (Lipinski definition) is 2. The zero-order valence-electron chi connectivity index (χ0n) is 13.0. The molecule has 0 radical (unpaired) electrons. The average Bonchev–Trinajstić information content (AvgIpc) is 3.16. The van der Waals surface area contributed by atoms with Crippen LogP contribution in [0.1, 0.15) is 27.7 Å². The average molecular weight is 310 g/mol. The number of carbonyl (C=O) groups is 1. The van der Waals surface area contributed by atoms with Crippen LogP contribution < -0.4 is 11.1 Å². The molecule has 3 rings (SSSR count). The molecule has 1 amide bonds. The van der Waals surface area contributed by atoms with Crippen molar-refractivity contribution in [1.82, 2.24) is 9.55 Å². The third-order valence-corrected chi connectivity index (χ3v) is 3.74. The molecule has 6 nitrogen and oxygen atoms in total. The fourth-order valence-corrected chi connectivity index (χ4v) is 2.27. The predicted octanol–water partition coefficient (Wildman–Crippen LogP) is 2.79. The Morgan fingerprint density at radius 1 is 1.22 bits per heavy atom. The summed E-state index contributed by atoms with van der Waals surface area (Å²) in [6, 6.07) is 10.9. The first kappa shape index (κ1) is 15.1. The molecule has 3 aromatic rings. The SMILES string of the molecule is Cc1ncn(-c2ccc(NC(=O)c3ccc(CN)o3)cc2)c1C. The highest BCUT2D eigenvalue weighted by Crippen LogP contribution is 2.17. The number of rotatable bonds is 4. The summed E-state index contributed by atoms with van der Waals surface area (Å²) in [7, 11) is 0. The molecule has 0 aliphatic heterocycles. The summed E-state index contributed by atoms with van der Waals surface area (Å²) >= 11 is 0. The summed E-state index contributed by atoms with van der Waals surface area (Å²) in [6.45, 7) is 4.26. The van der Waals surface area contributed by atoms with Gasteiger partial charge in [0.05, 0.1) is 18.6 Å². The van der Waals surface area contributed by atoms with Crippen LogP contribution in [0.4, 0.5) is 5.69 Å². The van der Waals surface area contributed by atoms with Gasteiger partial charge in [-0.1, -0.05) is 0 Å². The molecule has 0 saturated heterocycles. The molecule has 1 aromatic carbocycles. The van der Waals surface area contributed by atoms with Crippen LogP contribution in [0.5, 0.6) is 0 Å². The maximum Gasteiger partial charge on any atom is 0.291 e. The molecule has 2 heterocycles. The Labute approximate surface area is 133 Å². The summed E-state index contributed by atoms with van der Waals surface area (Å²) < 4.78 is 7.33. The quantitative estimate of drug-likeness (QED) is 0.776. The van der Waals surface area contributed by atoms with Gasteiger partial charge < -0.3 is 20.0 Å². The highest BCUT2D eigenvalue weighted by atomic mass is 16.4. The van der Waals surface area contributed by atoms with Crippen molar-refractivity contribution < 1.29 is 9.21 Å². The molecule has 0 aliphatic carbocycles. The zero-order chi connectivity index (χ0) is 16.4. The lowest BCUT2D eigenvalue weighted by Crippen LogP contribution is -2.11. The number of imidazole rings is 1.